The van der Waals surface area contributed by atoms with Crippen LogP contribution in [0.4, 0.5) is 0 Å². The lowest BCUT2D eigenvalue weighted by Gasteiger charge is -1.90. The largest absolute Gasteiger partial charge is 0.361 e. The van der Waals surface area contributed by atoms with Crippen molar-refractivity contribution in [3.8, 4) is 11.3 Å². The van der Waals surface area contributed by atoms with Crippen LogP contribution in [0.1, 0.15) is 19.1 Å². The minimum atomic E-state index is 0.863. The molecule has 0 amide bonds. The first-order valence-electron chi connectivity index (χ1n) is 4.76. The van der Waals surface area contributed by atoms with Crippen LogP contribution in [0.5, 0.6) is 0 Å². The molecule has 2 aromatic rings. The fourth-order valence-electron chi connectivity index (χ4n) is 1.33. The zero-order chi connectivity index (χ0) is 9.80. The van der Waals surface area contributed by atoms with Gasteiger partial charge in [0.25, 0.3) is 0 Å². The van der Waals surface area contributed by atoms with Crippen LogP contribution in [0.2, 0.25) is 0 Å². The Bertz CT molecular complexity index is 395. The lowest BCUT2D eigenvalue weighted by atomic mass is 10.2. The molecular formula is C11H12N2O. The van der Waals surface area contributed by atoms with Crippen molar-refractivity contribution in [1.29, 1.82) is 0 Å². The SMILES string of the molecule is CCCc1cc(-c2cccnc2)no1. The van der Waals surface area contributed by atoms with Crippen molar-refractivity contribution in [3.05, 3.63) is 36.4 Å². The molecule has 14 heavy (non-hydrogen) atoms. The Hall–Kier alpha value is -1.64. The molecule has 0 radical (unpaired) electrons. The van der Waals surface area contributed by atoms with Crippen molar-refractivity contribution in [2.45, 2.75) is 19.8 Å². The van der Waals surface area contributed by atoms with Gasteiger partial charge in [0.1, 0.15) is 11.5 Å². The highest BCUT2D eigenvalue weighted by atomic mass is 16.5. The summed E-state index contributed by atoms with van der Waals surface area (Å²) in [5.41, 5.74) is 1.86. The molecule has 0 spiro atoms. The van der Waals surface area contributed by atoms with Crippen molar-refractivity contribution >= 4 is 0 Å². The molecule has 0 fully saturated rings. The highest BCUT2D eigenvalue weighted by Crippen LogP contribution is 2.18. The molecule has 0 saturated carbocycles. The zero-order valence-electron chi connectivity index (χ0n) is 8.10. The van der Waals surface area contributed by atoms with Crippen molar-refractivity contribution in [2.24, 2.45) is 0 Å². The van der Waals surface area contributed by atoms with Crippen molar-refractivity contribution in [2.75, 3.05) is 0 Å². The van der Waals surface area contributed by atoms with Gasteiger partial charge < -0.3 is 4.52 Å². The fourth-order valence-corrected chi connectivity index (χ4v) is 1.33. The van der Waals surface area contributed by atoms with Crippen LogP contribution in [0.3, 0.4) is 0 Å². The average molecular weight is 188 g/mol. The highest BCUT2D eigenvalue weighted by Gasteiger charge is 2.04. The zero-order valence-corrected chi connectivity index (χ0v) is 8.10. The maximum atomic E-state index is 5.18. The Morgan fingerprint density at radius 1 is 1.43 bits per heavy atom. The van der Waals surface area contributed by atoms with Gasteiger partial charge in [-0.2, -0.15) is 0 Å². The Balaban J connectivity index is 2.25. The van der Waals surface area contributed by atoms with Crippen LogP contribution in [-0.2, 0) is 6.42 Å². The van der Waals surface area contributed by atoms with Crippen molar-refractivity contribution in [3.63, 3.8) is 0 Å². The molecule has 3 heteroatoms. The Kier molecular flexibility index (Phi) is 2.58. The van der Waals surface area contributed by atoms with E-state index < -0.39 is 0 Å². The second kappa shape index (κ2) is 4.05. The molecule has 0 aliphatic rings. The van der Waals surface area contributed by atoms with Gasteiger partial charge in [0, 0.05) is 30.4 Å². The third kappa shape index (κ3) is 1.82. The number of hydrogen-bond acceptors (Lipinski definition) is 3. The molecule has 0 aliphatic carbocycles. The van der Waals surface area contributed by atoms with Gasteiger partial charge in [0.2, 0.25) is 0 Å². The van der Waals surface area contributed by atoms with Gasteiger partial charge in [-0.05, 0) is 18.6 Å². The van der Waals surface area contributed by atoms with Gasteiger partial charge in [0.05, 0.1) is 0 Å². The Morgan fingerprint density at radius 3 is 3.07 bits per heavy atom. The molecule has 0 N–H and O–H groups in total. The van der Waals surface area contributed by atoms with Gasteiger partial charge in [-0.15, -0.1) is 0 Å². The summed E-state index contributed by atoms with van der Waals surface area (Å²) in [5.74, 6) is 0.936. The van der Waals surface area contributed by atoms with Crippen LogP contribution in [0.25, 0.3) is 11.3 Å². The normalized spacial score (nSPS) is 10.4. The quantitative estimate of drug-likeness (QED) is 0.743. The van der Waals surface area contributed by atoms with E-state index in [1.165, 1.54) is 0 Å². The molecular weight excluding hydrogens is 176 g/mol. The maximum absolute atomic E-state index is 5.18. The number of hydrogen-bond donors (Lipinski definition) is 0. The van der Waals surface area contributed by atoms with Crippen LogP contribution < -0.4 is 0 Å². The molecule has 2 rings (SSSR count). The summed E-state index contributed by atoms with van der Waals surface area (Å²) in [7, 11) is 0. The molecule has 0 saturated heterocycles. The van der Waals surface area contributed by atoms with Gasteiger partial charge >= 0.3 is 0 Å². The number of aromatic nitrogens is 2. The number of rotatable bonds is 3. The first-order valence-corrected chi connectivity index (χ1v) is 4.76. The smallest absolute Gasteiger partial charge is 0.137 e. The number of pyridine rings is 1. The molecule has 3 nitrogen and oxygen atoms in total. The number of aryl methyl sites for hydroxylation is 1. The lowest BCUT2D eigenvalue weighted by molar-refractivity contribution is 0.384. The van der Waals surface area contributed by atoms with E-state index in [1.807, 2.05) is 18.2 Å². The van der Waals surface area contributed by atoms with Gasteiger partial charge in [-0.3, -0.25) is 4.98 Å². The van der Waals surface area contributed by atoms with Crippen LogP contribution in [0, 0.1) is 0 Å². The molecule has 0 atom stereocenters. The minimum Gasteiger partial charge on any atom is -0.361 e. The van der Waals surface area contributed by atoms with Crippen molar-refractivity contribution in [1.82, 2.24) is 10.1 Å². The predicted molar refractivity (Wildman–Crippen MR) is 53.7 cm³/mol. The molecule has 2 aromatic heterocycles. The van der Waals surface area contributed by atoms with Crippen LogP contribution in [0.15, 0.2) is 35.1 Å². The summed E-state index contributed by atoms with van der Waals surface area (Å²) in [6.45, 7) is 2.12. The Labute approximate surface area is 82.8 Å². The van der Waals surface area contributed by atoms with E-state index in [1.54, 1.807) is 12.4 Å². The van der Waals surface area contributed by atoms with Crippen LogP contribution >= 0.6 is 0 Å². The van der Waals surface area contributed by atoms with E-state index in [0.717, 1.165) is 29.9 Å². The molecule has 0 aliphatic heterocycles. The van der Waals surface area contributed by atoms with E-state index in [-0.39, 0.29) is 0 Å². The maximum Gasteiger partial charge on any atom is 0.137 e. The third-order valence-corrected chi connectivity index (χ3v) is 2.01. The van der Waals surface area contributed by atoms with E-state index in [4.69, 9.17) is 4.52 Å². The standard InChI is InChI=1S/C11H12N2O/c1-2-4-10-7-11(13-14-10)9-5-3-6-12-8-9/h3,5-8H,2,4H2,1H3. The fraction of sp³-hybridized carbons (Fsp3) is 0.273. The van der Waals surface area contributed by atoms with Crippen molar-refractivity contribution < 1.29 is 4.52 Å². The molecule has 2 heterocycles. The highest BCUT2D eigenvalue weighted by molar-refractivity contribution is 5.56. The first kappa shape index (κ1) is 8.94. The van der Waals surface area contributed by atoms with Gasteiger partial charge in [0.15, 0.2) is 0 Å². The van der Waals surface area contributed by atoms with E-state index >= 15 is 0 Å². The third-order valence-electron chi connectivity index (χ3n) is 2.01. The minimum absolute atomic E-state index is 0.863. The lowest BCUT2D eigenvalue weighted by Crippen LogP contribution is -1.77. The summed E-state index contributed by atoms with van der Waals surface area (Å²) in [5, 5.41) is 3.99. The summed E-state index contributed by atoms with van der Waals surface area (Å²) in [4.78, 5) is 4.03. The second-order valence-corrected chi connectivity index (χ2v) is 3.17. The van der Waals surface area contributed by atoms with E-state index in [9.17, 15) is 0 Å². The van der Waals surface area contributed by atoms with E-state index in [0.29, 0.717) is 0 Å². The molecule has 0 aromatic carbocycles. The summed E-state index contributed by atoms with van der Waals surface area (Å²) >= 11 is 0. The molecule has 0 bridgehead atoms. The average Bonchev–Trinajstić information content (AvgIpc) is 2.68. The number of nitrogens with zero attached hydrogens (tertiary/aromatic N) is 2. The van der Waals surface area contributed by atoms with Gasteiger partial charge in [-0.25, -0.2) is 0 Å². The topological polar surface area (TPSA) is 38.9 Å². The monoisotopic (exact) mass is 188 g/mol. The summed E-state index contributed by atoms with van der Waals surface area (Å²) < 4.78 is 5.18. The first-order chi connectivity index (χ1) is 6.90. The van der Waals surface area contributed by atoms with E-state index in [2.05, 4.69) is 17.1 Å². The summed E-state index contributed by atoms with van der Waals surface area (Å²) in [6.07, 6.45) is 5.54. The molecule has 0 unspecified atom stereocenters. The molecule has 72 valence electrons. The second-order valence-electron chi connectivity index (χ2n) is 3.17. The van der Waals surface area contributed by atoms with Gasteiger partial charge in [-0.1, -0.05) is 12.1 Å². The summed E-state index contributed by atoms with van der Waals surface area (Å²) in [6, 6.07) is 5.84. The van der Waals surface area contributed by atoms with Crippen LogP contribution in [-0.4, -0.2) is 10.1 Å². The Morgan fingerprint density at radius 2 is 2.36 bits per heavy atom. The predicted octanol–water partition coefficient (Wildman–Crippen LogP) is 2.69.